The maximum absolute atomic E-state index is 12.0. The van der Waals surface area contributed by atoms with Crippen LogP contribution in [-0.4, -0.2) is 29.9 Å². The van der Waals surface area contributed by atoms with Crippen LogP contribution in [0.15, 0.2) is 30.3 Å². The van der Waals surface area contributed by atoms with Gasteiger partial charge in [0.25, 0.3) is 0 Å². The van der Waals surface area contributed by atoms with Crippen LogP contribution in [0.1, 0.15) is 31.4 Å². The molecule has 1 aliphatic heterocycles. The van der Waals surface area contributed by atoms with Crippen LogP contribution in [0.5, 0.6) is 0 Å². The molecule has 1 saturated heterocycles. The van der Waals surface area contributed by atoms with Crippen molar-refractivity contribution in [3.05, 3.63) is 35.9 Å². The number of rotatable bonds is 4. The molecule has 1 heterocycles. The number of benzene rings is 1. The van der Waals surface area contributed by atoms with E-state index in [2.05, 4.69) is 0 Å². The summed E-state index contributed by atoms with van der Waals surface area (Å²) < 4.78 is 5.41. The van der Waals surface area contributed by atoms with Gasteiger partial charge >= 0.3 is 5.97 Å². The number of nitrogens with zero attached hydrogens (tertiary/aromatic N) is 1. The minimum Gasteiger partial charge on any atom is -0.456 e. The maximum Gasteiger partial charge on any atom is 0.329 e. The van der Waals surface area contributed by atoms with Gasteiger partial charge in [0.1, 0.15) is 12.1 Å². The van der Waals surface area contributed by atoms with Gasteiger partial charge in [0.2, 0.25) is 6.41 Å². The second-order valence-corrected chi connectivity index (χ2v) is 4.49. The van der Waals surface area contributed by atoms with Crippen LogP contribution in [0.3, 0.4) is 0 Å². The molecule has 0 aliphatic carbocycles. The highest BCUT2D eigenvalue weighted by molar-refractivity contribution is 5.79. The number of carbonyl (C=O) groups is 2. The molecule has 96 valence electrons. The van der Waals surface area contributed by atoms with Gasteiger partial charge in [-0.3, -0.25) is 4.79 Å². The molecule has 1 aromatic rings. The molecule has 1 aliphatic rings. The Labute approximate surface area is 107 Å². The maximum atomic E-state index is 12.0. The van der Waals surface area contributed by atoms with Crippen molar-refractivity contribution in [2.75, 3.05) is 6.54 Å². The van der Waals surface area contributed by atoms with E-state index in [1.54, 1.807) is 0 Å². The molecule has 1 aromatic carbocycles. The van der Waals surface area contributed by atoms with Crippen LogP contribution in [0.25, 0.3) is 0 Å². The predicted octanol–water partition coefficient (Wildman–Crippen LogP) is 1.91. The molecule has 0 radical (unpaired) electrons. The highest BCUT2D eigenvalue weighted by Gasteiger charge is 2.31. The van der Waals surface area contributed by atoms with Crippen LogP contribution in [-0.2, 0) is 14.3 Å². The third-order valence-electron chi connectivity index (χ3n) is 3.26. The number of ether oxygens (including phenoxy) is 1. The van der Waals surface area contributed by atoms with E-state index >= 15 is 0 Å². The summed E-state index contributed by atoms with van der Waals surface area (Å²) >= 11 is 0. The smallest absolute Gasteiger partial charge is 0.329 e. The zero-order valence-corrected chi connectivity index (χ0v) is 10.4. The first-order chi connectivity index (χ1) is 8.72. The van der Waals surface area contributed by atoms with E-state index in [9.17, 15) is 9.59 Å². The summed E-state index contributed by atoms with van der Waals surface area (Å²) in [4.78, 5) is 24.3. The highest BCUT2D eigenvalue weighted by atomic mass is 16.5. The van der Waals surface area contributed by atoms with Gasteiger partial charge in [-0.25, -0.2) is 4.79 Å². The van der Waals surface area contributed by atoms with Crippen LogP contribution in [0.4, 0.5) is 0 Å². The van der Waals surface area contributed by atoms with E-state index in [-0.39, 0.29) is 12.1 Å². The summed E-state index contributed by atoms with van der Waals surface area (Å²) in [6.07, 6.45) is 2.00. The second kappa shape index (κ2) is 5.67. The Kier molecular flexibility index (Phi) is 3.97. The van der Waals surface area contributed by atoms with E-state index in [1.807, 2.05) is 37.3 Å². The van der Waals surface area contributed by atoms with Gasteiger partial charge in [0.05, 0.1) is 0 Å². The third kappa shape index (κ3) is 2.70. The third-order valence-corrected chi connectivity index (χ3v) is 3.26. The van der Waals surface area contributed by atoms with Crippen molar-refractivity contribution in [3.8, 4) is 0 Å². The van der Waals surface area contributed by atoms with Crippen molar-refractivity contribution in [1.29, 1.82) is 0 Å². The van der Waals surface area contributed by atoms with Crippen molar-refractivity contribution in [2.45, 2.75) is 31.9 Å². The minimum absolute atomic E-state index is 0.284. The van der Waals surface area contributed by atoms with Crippen molar-refractivity contribution < 1.29 is 14.3 Å². The Balaban J connectivity index is 1.97. The van der Waals surface area contributed by atoms with Gasteiger partial charge in [-0.15, -0.1) is 0 Å². The summed E-state index contributed by atoms with van der Waals surface area (Å²) in [6, 6.07) is 9.17. The number of carbonyl (C=O) groups excluding carboxylic acids is 2. The Hall–Kier alpha value is -1.84. The zero-order chi connectivity index (χ0) is 13.0. The molecular formula is C14H17NO3. The number of hydrogen-bond acceptors (Lipinski definition) is 3. The summed E-state index contributed by atoms with van der Waals surface area (Å²) in [5, 5.41) is 0. The second-order valence-electron chi connectivity index (χ2n) is 4.49. The SMILES string of the molecule is C[C@@H](OC(=O)[C@@H]1CCCN1C=O)c1ccccc1. The average Bonchev–Trinajstić information content (AvgIpc) is 2.88. The standard InChI is InChI=1S/C14H17NO3/c1-11(12-6-3-2-4-7-12)18-14(17)13-8-5-9-15(13)10-16/h2-4,6-7,10-11,13H,5,8-9H2,1H3/t11-,13+/m1/s1. The van der Waals surface area contributed by atoms with Crippen LogP contribution < -0.4 is 0 Å². The molecule has 0 unspecified atom stereocenters. The lowest BCUT2D eigenvalue weighted by Gasteiger charge is -2.21. The average molecular weight is 247 g/mol. The van der Waals surface area contributed by atoms with E-state index in [1.165, 1.54) is 4.90 Å². The van der Waals surface area contributed by atoms with E-state index in [0.717, 1.165) is 18.4 Å². The lowest BCUT2D eigenvalue weighted by Crippen LogP contribution is -2.36. The van der Waals surface area contributed by atoms with Crippen LogP contribution in [0.2, 0.25) is 0 Å². The largest absolute Gasteiger partial charge is 0.456 e. The van der Waals surface area contributed by atoms with Gasteiger partial charge in [0, 0.05) is 6.54 Å². The molecule has 1 amide bonds. The molecular weight excluding hydrogens is 230 g/mol. The molecule has 4 nitrogen and oxygen atoms in total. The number of likely N-dealkylation sites (tertiary alicyclic amines) is 1. The fraction of sp³-hybridized carbons (Fsp3) is 0.429. The molecule has 2 rings (SSSR count). The summed E-state index contributed by atoms with van der Waals surface area (Å²) in [7, 11) is 0. The highest BCUT2D eigenvalue weighted by Crippen LogP contribution is 2.21. The van der Waals surface area contributed by atoms with Gasteiger partial charge < -0.3 is 9.64 Å². The van der Waals surface area contributed by atoms with E-state index < -0.39 is 6.04 Å². The molecule has 18 heavy (non-hydrogen) atoms. The van der Waals surface area contributed by atoms with Gasteiger partial charge in [0.15, 0.2) is 0 Å². The topological polar surface area (TPSA) is 46.6 Å². The number of esters is 1. The van der Waals surface area contributed by atoms with E-state index in [4.69, 9.17) is 4.74 Å². The van der Waals surface area contributed by atoms with Gasteiger partial charge in [-0.2, -0.15) is 0 Å². The quantitative estimate of drug-likeness (QED) is 0.603. The predicted molar refractivity (Wildman–Crippen MR) is 66.7 cm³/mol. The Morgan fingerprint density at radius 2 is 2.17 bits per heavy atom. The normalized spacial score (nSPS) is 20.5. The lowest BCUT2D eigenvalue weighted by atomic mass is 10.1. The number of hydrogen-bond donors (Lipinski definition) is 0. The lowest BCUT2D eigenvalue weighted by molar-refractivity contribution is -0.155. The molecule has 2 atom stereocenters. The molecule has 0 N–H and O–H groups in total. The summed E-state index contributed by atoms with van der Waals surface area (Å²) in [5.74, 6) is -0.309. The molecule has 0 spiro atoms. The minimum atomic E-state index is -0.409. The first-order valence-corrected chi connectivity index (χ1v) is 6.19. The Morgan fingerprint density at radius 1 is 1.44 bits per heavy atom. The molecule has 1 fully saturated rings. The van der Waals surface area contributed by atoms with Crippen molar-refractivity contribution in [3.63, 3.8) is 0 Å². The van der Waals surface area contributed by atoms with Gasteiger partial charge in [-0.1, -0.05) is 30.3 Å². The Morgan fingerprint density at radius 3 is 2.83 bits per heavy atom. The van der Waals surface area contributed by atoms with Gasteiger partial charge in [-0.05, 0) is 25.3 Å². The zero-order valence-electron chi connectivity index (χ0n) is 10.4. The fourth-order valence-electron chi connectivity index (χ4n) is 2.21. The van der Waals surface area contributed by atoms with Crippen molar-refractivity contribution in [1.82, 2.24) is 4.90 Å². The summed E-state index contributed by atoms with van der Waals surface area (Å²) in [5.41, 5.74) is 0.960. The van der Waals surface area contributed by atoms with Crippen molar-refractivity contribution in [2.24, 2.45) is 0 Å². The first-order valence-electron chi connectivity index (χ1n) is 6.19. The first kappa shape index (κ1) is 12.6. The van der Waals surface area contributed by atoms with Crippen LogP contribution in [0, 0.1) is 0 Å². The van der Waals surface area contributed by atoms with E-state index in [0.29, 0.717) is 13.0 Å². The Bertz CT molecular complexity index is 418. The molecule has 4 heteroatoms. The molecule has 0 aromatic heterocycles. The summed E-state index contributed by atoms with van der Waals surface area (Å²) in [6.45, 7) is 2.48. The number of amides is 1. The molecule has 0 saturated carbocycles. The molecule has 0 bridgehead atoms. The fourth-order valence-corrected chi connectivity index (χ4v) is 2.21. The monoisotopic (exact) mass is 247 g/mol. The van der Waals surface area contributed by atoms with Crippen LogP contribution >= 0.6 is 0 Å². The van der Waals surface area contributed by atoms with Crippen molar-refractivity contribution >= 4 is 12.4 Å².